The van der Waals surface area contributed by atoms with E-state index in [0.29, 0.717) is 12.0 Å². The van der Waals surface area contributed by atoms with Gasteiger partial charge in [0.1, 0.15) is 0 Å². The first-order chi connectivity index (χ1) is 7.72. The fourth-order valence-electron chi connectivity index (χ4n) is 2.68. The van der Waals surface area contributed by atoms with Crippen molar-refractivity contribution in [3.63, 3.8) is 0 Å². The van der Waals surface area contributed by atoms with Crippen molar-refractivity contribution in [1.29, 1.82) is 0 Å². The second-order valence-corrected chi connectivity index (χ2v) is 4.33. The van der Waals surface area contributed by atoms with Crippen LogP contribution in [-0.2, 0) is 9.59 Å². The molecule has 2 amide bonds. The van der Waals surface area contributed by atoms with E-state index >= 15 is 0 Å². The van der Waals surface area contributed by atoms with E-state index in [4.69, 9.17) is 0 Å². The zero-order chi connectivity index (χ0) is 11.2. The fourth-order valence-corrected chi connectivity index (χ4v) is 2.68. The van der Waals surface area contributed by atoms with Gasteiger partial charge in [0.25, 0.3) is 5.91 Å². The summed E-state index contributed by atoms with van der Waals surface area (Å²) < 4.78 is 0. The molecule has 1 atom stereocenters. The molecular weight excluding hydrogens is 202 g/mol. The Morgan fingerprint density at radius 2 is 2.06 bits per heavy atom. The third kappa shape index (κ3) is 1.08. The van der Waals surface area contributed by atoms with Crippen molar-refractivity contribution in [1.82, 2.24) is 5.32 Å². The Labute approximate surface area is 93.2 Å². The van der Waals surface area contributed by atoms with E-state index in [0.717, 1.165) is 12.0 Å². The summed E-state index contributed by atoms with van der Waals surface area (Å²) in [6, 6.07) is 0. The van der Waals surface area contributed by atoms with Crippen LogP contribution in [0.2, 0.25) is 0 Å². The van der Waals surface area contributed by atoms with E-state index in [-0.39, 0.29) is 11.8 Å². The van der Waals surface area contributed by atoms with Crippen LogP contribution in [-0.4, -0.2) is 11.8 Å². The van der Waals surface area contributed by atoms with Crippen molar-refractivity contribution in [2.75, 3.05) is 0 Å². The minimum Gasteiger partial charge on any atom is -0.293 e. The number of piperidine rings is 1. The summed E-state index contributed by atoms with van der Waals surface area (Å²) in [7, 11) is 0. The second kappa shape index (κ2) is 3.04. The van der Waals surface area contributed by atoms with Crippen molar-refractivity contribution in [3.8, 4) is 0 Å². The van der Waals surface area contributed by atoms with Crippen molar-refractivity contribution < 1.29 is 9.59 Å². The smallest absolute Gasteiger partial charge is 0.254 e. The van der Waals surface area contributed by atoms with Gasteiger partial charge in [0.2, 0.25) is 5.91 Å². The molecule has 1 unspecified atom stereocenters. The molecule has 1 saturated heterocycles. The number of hydrogen-bond donors (Lipinski definition) is 1. The van der Waals surface area contributed by atoms with Crippen LogP contribution in [0, 0.1) is 5.41 Å². The van der Waals surface area contributed by atoms with Gasteiger partial charge in [-0.3, -0.25) is 14.9 Å². The Morgan fingerprint density at radius 1 is 1.19 bits per heavy atom. The molecule has 0 saturated carbocycles. The van der Waals surface area contributed by atoms with Gasteiger partial charge in [-0.1, -0.05) is 36.5 Å². The molecule has 3 heteroatoms. The van der Waals surface area contributed by atoms with E-state index in [1.165, 1.54) is 0 Å². The van der Waals surface area contributed by atoms with Crippen LogP contribution in [0.15, 0.2) is 47.6 Å². The van der Waals surface area contributed by atoms with Crippen LogP contribution < -0.4 is 5.32 Å². The first-order valence-electron chi connectivity index (χ1n) is 5.33. The maximum absolute atomic E-state index is 11.8. The normalized spacial score (nSPS) is 31.2. The molecule has 2 aliphatic carbocycles. The predicted molar refractivity (Wildman–Crippen MR) is 59.3 cm³/mol. The number of allylic oxidation sites excluding steroid dienone is 7. The highest BCUT2D eigenvalue weighted by Crippen LogP contribution is 2.48. The van der Waals surface area contributed by atoms with Gasteiger partial charge in [-0.25, -0.2) is 0 Å². The van der Waals surface area contributed by atoms with Crippen molar-refractivity contribution in [2.45, 2.75) is 12.8 Å². The molecule has 0 aromatic rings. The molecule has 1 fully saturated rings. The monoisotopic (exact) mass is 213 g/mol. The largest absolute Gasteiger partial charge is 0.293 e. The molecule has 3 nitrogen and oxygen atoms in total. The lowest BCUT2D eigenvalue weighted by atomic mass is 9.63. The molecule has 16 heavy (non-hydrogen) atoms. The number of hydrogen-bond acceptors (Lipinski definition) is 2. The van der Waals surface area contributed by atoms with E-state index in [1.807, 2.05) is 36.5 Å². The number of amides is 2. The molecule has 0 bridgehead atoms. The van der Waals surface area contributed by atoms with Crippen LogP contribution in [0.5, 0.6) is 0 Å². The molecule has 0 radical (unpaired) electrons. The lowest BCUT2D eigenvalue weighted by Gasteiger charge is -2.41. The predicted octanol–water partition coefficient (Wildman–Crippen LogP) is 1.40. The average Bonchev–Trinajstić information content (AvgIpc) is 2.26. The molecule has 3 aliphatic rings. The van der Waals surface area contributed by atoms with Gasteiger partial charge in [0.05, 0.1) is 0 Å². The molecule has 1 spiro atoms. The van der Waals surface area contributed by atoms with Gasteiger partial charge in [-0.15, -0.1) is 0 Å². The molecule has 1 N–H and O–H groups in total. The minimum absolute atomic E-state index is 0.182. The number of nitrogens with one attached hydrogen (secondary N) is 1. The maximum atomic E-state index is 11.8. The summed E-state index contributed by atoms with van der Waals surface area (Å²) in [6.07, 6.45) is 12.7. The number of carbonyl (C=O) groups excluding carboxylic acids is 2. The Morgan fingerprint density at radius 3 is 2.94 bits per heavy atom. The molecule has 80 valence electrons. The van der Waals surface area contributed by atoms with Crippen molar-refractivity contribution in [2.24, 2.45) is 5.41 Å². The van der Waals surface area contributed by atoms with Gasteiger partial charge in [-0.2, -0.15) is 0 Å². The standard InChI is InChI=1S/C13H11NO2/c15-11-8-13-7-2-1-4-9(13)5-3-6-10(13)12(16)14-11/h1-6H,7-8H2,(H,14,15,16). The highest BCUT2D eigenvalue weighted by Gasteiger charge is 2.46. The third-order valence-electron chi connectivity index (χ3n) is 3.44. The first-order valence-corrected chi connectivity index (χ1v) is 5.33. The number of imide groups is 1. The quantitative estimate of drug-likeness (QED) is 0.618. The van der Waals surface area contributed by atoms with Crippen molar-refractivity contribution in [3.05, 3.63) is 47.6 Å². The van der Waals surface area contributed by atoms with Crippen LogP contribution in [0.4, 0.5) is 0 Å². The molecule has 1 aliphatic heterocycles. The summed E-state index contributed by atoms with van der Waals surface area (Å²) in [4.78, 5) is 23.3. The van der Waals surface area contributed by atoms with Crippen LogP contribution >= 0.6 is 0 Å². The molecule has 0 aromatic carbocycles. The van der Waals surface area contributed by atoms with Crippen LogP contribution in [0.1, 0.15) is 12.8 Å². The van der Waals surface area contributed by atoms with Crippen molar-refractivity contribution >= 4 is 11.8 Å². The van der Waals surface area contributed by atoms with Gasteiger partial charge in [-0.05, 0) is 12.0 Å². The Bertz CT molecular complexity index is 508. The van der Waals surface area contributed by atoms with E-state index in [1.54, 1.807) is 0 Å². The zero-order valence-corrected chi connectivity index (χ0v) is 8.69. The van der Waals surface area contributed by atoms with Gasteiger partial charge in [0, 0.05) is 17.4 Å². The average molecular weight is 213 g/mol. The number of carbonyl (C=O) groups is 2. The van der Waals surface area contributed by atoms with E-state index < -0.39 is 5.41 Å². The zero-order valence-electron chi connectivity index (χ0n) is 8.69. The molecular formula is C13H11NO2. The minimum atomic E-state index is -0.400. The van der Waals surface area contributed by atoms with Gasteiger partial charge < -0.3 is 0 Å². The SMILES string of the molecule is O=C1CC23CC=CC=C2C=CC=C3C(=O)N1. The summed E-state index contributed by atoms with van der Waals surface area (Å²) in [6.45, 7) is 0. The Kier molecular flexibility index (Phi) is 1.78. The summed E-state index contributed by atoms with van der Waals surface area (Å²) in [5, 5.41) is 2.37. The molecule has 0 aromatic heterocycles. The van der Waals surface area contributed by atoms with Crippen LogP contribution in [0.3, 0.4) is 0 Å². The molecule has 3 rings (SSSR count). The Hall–Kier alpha value is -1.90. The first kappa shape index (κ1) is 9.33. The Balaban J connectivity index is 2.18. The maximum Gasteiger partial charge on any atom is 0.254 e. The summed E-state index contributed by atoms with van der Waals surface area (Å²) >= 11 is 0. The third-order valence-corrected chi connectivity index (χ3v) is 3.44. The summed E-state index contributed by atoms with van der Waals surface area (Å²) in [5.41, 5.74) is 1.38. The highest BCUT2D eigenvalue weighted by molar-refractivity contribution is 6.10. The topological polar surface area (TPSA) is 46.2 Å². The fraction of sp³-hybridized carbons (Fsp3) is 0.231. The summed E-state index contributed by atoms with van der Waals surface area (Å²) in [5.74, 6) is -0.430. The lowest BCUT2D eigenvalue weighted by Crippen LogP contribution is -2.48. The van der Waals surface area contributed by atoms with E-state index in [9.17, 15) is 9.59 Å². The highest BCUT2D eigenvalue weighted by atomic mass is 16.2. The van der Waals surface area contributed by atoms with Crippen LogP contribution in [0.25, 0.3) is 0 Å². The van der Waals surface area contributed by atoms with E-state index in [2.05, 4.69) is 5.32 Å². The molecule has 1 heterocycles. The van der Waals surface area contributed by atoms with Gasteiger partial charge >= 0.3 is 0 Å². The number of rotatable bonds is 0. The second-order valence-electron chi connectivity index (χ2n) is 4.33. The lowest BCUT2D eigenvalue weighted by molar-refractivity contribution is -0.132. The van der Waals surface area contributed by atoms with Gasteiger partial charge in [0.15, 0.2) is 0 Å².